The number of fused-ring (bicyclic) bond motifs is 1. The van der Waals surface area contributed by atoms with Gasteiger partial charge < -0.3 is 24.8 Å². The first-order valence-electron chi connectivity index (χ1n) is 10.2. The first kappa shape index (κ1) is 20.5. The number of amides is 1. The van der Waals surface area contributed by atoms with Crippen molar-refractivity contribution >= 4 is 28.4 Å². The topological polar surface area (TPSA) is 103 Å². The molecule has 1 aliphatic heterocycles. The zero-order valence-corrected chi connectivity index (χ0v) is 17.4. The summed E-state index contributed by atoms with van der Waals surface area (Å²) in [5.41, 5.74) is 1.79. The average molecular weight is 420 g/mol. The third-order valence-electron chi connectivity index (χ3n) is 5.66. The van der Waals surface area contributed by atoms with Gasteiger partial charge >= 0.3 is 0 Å². The summed E-state index contributed by atoms with van der Waals surface area (Å²) < 4.78 is 5.11. The average Bonchev–Trinajstić information content (AvgIpc) is 3.31. The Morgan fingerprint density at radius 3 is 2.68 bits per heavy atom. The van der Waals surface area contributed by atoms with Crippen LogP contribution < -0.4 is 4.74 Å². The fraction of sp³-hybridized carbons (Fsp3) is 0.250. The van der Waals surface area contributed by atoms with Crippen LogP contribution >= 0.6 is 0 Å². The second-order valence-electron chi connectivity index (χ2n) is 7.53. The van der Waals surface area contributed by atoms with Crippen molar-refractivity contribution in [3.05, 3.63) is 65.4 Å². The molecule has 0 aliphatic carbocycles. The summed E-state index contributed by atoms with van der Waals surface area (Å²) >= 11 is 0. The summed E-state index contributed by atoms with van der Waals surface area (Å²) in [6.45, 7) is 2.36. The zero-order valence-electron chi connectivity index (χ0n) is 17.4. The summed E-state index contributed by atoms with van der Waals surface area (Å²) in [7, 11) is 1.44. The normalized spacial score (nSPS) is 18.1. The number of para-hydroxylation sites is 1. The summed E-state index contributed by atoms with van der Waals surface area (Å²) in [5, 5.41) is 22.3. The largest absolute Gasteiger partial charge is 0.507 e. The molecule has 0 radical (unpaired) electrons. The number of nitrogens with one attached hydrogen (secondary N) is 1. The van der Waals surface area contributed by atoms with Crippen molar-refractivity contribution in [3.63, 3.8) is 0 Å². The number of phenolic OH excluding ortho intramolecular Hbond substituents is 1. The van der Waals surface area contributed by atoms with E-state index < -0.39 is 17.7 Å². The van der Waals surface area contributed by atoms with Crippen LogP contribution in [0.25, 0.3) is 16.7 Å². The van der Waals surface area contributed by atoms with Crippen LogP contribution in [0, 0.1) is 0 Å². The number of Topliss-reactive ketones (excluding diaryl/α,β-unsaturated/α-hetero) is 1. The number of nitrogens with zero attached hydrogens (tertiary/aromatic N) is 1. The Kier molecular flexibility index (Phi) is 5.42. The fourth-order valence-corrected chi connectivity index (χ4v) is 4.08. The van der Waals surface area contributed by atoms with E-state index in [0.29, 0.717) is 24.1 Å². The van der Waals surface area contributed by atoms with Gasteiger partial charge in [-0.15, -0.1) is 0 Å². The van der Waals surface area contributed by atoms with Gasteiger partial charge in [-0.2, -0.15) is 0 Å². The zero-order chi connectivity index (χ0) is 22.1. The Morgan fingerprint density at radius 1 is 1.19 bits per heavy atom. The molecule has 1 aromatic heterocycles. The second-order valence-corrected chi connectivity index (χ2v) is 7.53. The van der Waals surface area contributed by atoms with Crippen LogP contribution in [0.3, 0.4) is 0 Å². The minimum absolute atomic E-state index is 0.00965. The molecule has 0 saturated carbocycles. The molecule has 0 bridgehead atoms. The molecule has 7 heteroatoms. The van der Waals surface area contributed by atoms with Crippen molar-refractivity contribution in [1.29, 1.82) is 0 Å². The van der Waals surface area contributed by atoms with Crippen LogP contribution in [-0.4, -0.2) is 45.4 Å². The number of H-pyrrole nitrogens is 1. The maximum Gasteiger partial charge on any atom is 0.295 e. The minimum Gasteiger partial charge on any atom is -0.507 e. The Labute approximate surface area is 179 Å². The number of aromatic nitrogens is 1. The molecule has 31 heavy (non-hydrogen) atoms. The lowest BCUT2D eigenvalue weighted by Gasteiger charge is -2.25. The second kappa shape index (κ2) is 8.18. The highest BCUT2D eigenvalue weighted by atomic mass is 16.5. The highest BCUT2D eigenvalue weighted by Crippen LogP contribution is 2.42. The lowest BCUT2D eigenvalue weighted by molar-refractivity contribution is -0.139. The van der Waals surface area contributed by atoms with Crippen molar-refractivity contribution in [3.8, 4) is 11.5 Å². The number of phenols is 1. The lowest BCUT2D eigenvalue weighted by atomic mass is 9.94. The van der Waals surface area contributed by atoms with Gasteiger partial charge in [-0.1, -0.05) is 37.6 Å². The van der Waals surface area contributed by atoms with Gasteiger partial charge in [-0.05, 0) is 30.2 Å². The van der Waals surface area contributed by atoms with Gasteiger partial charge in [-0.3, -0.25) is 9.59 Å². The van der Waals surface area contributed by atoms with E-state index in [4.69, 9.17) is 4.74 Å². The molecule has 160 valence electrons. The van der Waals surface area contributed by atoms with E-state index in [2.05, 4.69) is 4.98 Å². The van der Waals surface area contributed by atoms with E-state index in [-0.39, 0.29) is 22.8 Å². The number of benzene rings is 2. The Bertz CT molecular complexity index is 1190. The summed E-state index contributed by atoms with van der Waals surface area (Å²) in [6, 6.07) is 11.3. The van der Waals surface area contributed by atoms with E-state index in [1.54, 1.807) is 18.3 Å². The van der Waals surface area contributed by atoms with E-state index in [1.165, 1.54) is 18.1 Å². The number of likely N-dealkylation sites (tertiary alicyclic amines) is 1. The molecular weight excluding hydrogens is 396 g/mol. The molecule has 2 heterocycles. The number of aromatic amines is 1. The van der Waals surface area contributed by atoms with Crippen LogP contribution in [0.15, 0.2) is 54.2 Å². The van der Waals surface area contributed by atoms with Crippen LogP contribution in [0.2, 0.25) is 0 Å². The first-order chi connectivity index (χ1) is 15.0. The number of hydrogen-bond acceptors (Lipinski definition) is 5. The third kappa shape index (κ3) is 3.42. The highest BCUT2D eigenvalue weighted by Gasteiger charge is 2.46. The Morgan fingerprint density at radius 2 is 1.97 bits per heavy atom. The van der Waals surface area contributed by atoms with Crippen LogP contribution in [0.5, 0.6) is 11.5 Å². The number of hydrogen-bond donors (Lipinski definition) is 3. The Balaban J connectivity index is 1.91. The molecular formula is C24H24N2O5. The Hall–Kier alpha value is -3.74. The highest BCUT2D eigenvalue weighted by molar-refractivity contribution is 6.46. The van der Waals surface area contributed by atoms with Gasteiger partial charge in [0.2, 0.25) is 0 Å². The molecule has 7 nitrogen and oxygen atoms in total. The summed E-state index contributed by atoms with van der Waals surface area (Å²) in [6.07, 6.45) is 3.17. The molecule has 2 aromatic carbocycles. The number of rotatable bonds is 6. The molecule has 3 N–H and O–H groups in total. The van der Waals surface area contributed by atoms with Crippen molar-refractivity contribution in [2.45, 2.75) is 25.8 Å². The molecule has 1 aliphatic rings. The van der Waals surface area contributed by atoms with Crippen molar-refractivity contribution < 1.29 is 24.5 Å². The standard InChI is InChI=1S/C24H24N2O5/c1-3-4-11-26-21(14-9-10-19(31-2)18(27)12-14)20(23(29)24(26)30)22(28)16-13-25-17-8-6-5-7-15(16)17/h5-10,12-13,21,25,27-28H,3-4,11H2,1-2H3/b22-20-. The van der Waals surface area contributed by atoms with Gasteiger partial charge in [0.1, 0.15) is 5.76 Å². The maximum atomic E-state index is 13.0. The number of ketones is 1. The van der Waals surface area contributed by atoms with Crippen LogP contribution in [0.1, 0.15) is 36.9 Å². The van der Waals surface area contributed by atoms with Gasteiger partial charge in [-0.25, -0.2) is 0 Å². The van der Waals surface area contributed by atoms with Crippen molar-refractivity contribution in [1.82, 2.24) is 9.88 Å². The molecule has 4 rings (SSSR count). The minimum atomic E-state index is -0.808. The number of aromatic hydroxyl groups is 1. The SMILES string of the molecule is CCCCN1C(=O)C(=O)/C(=C(\O)c2c[nH]c3ccccc23)C1c1ccc(OC)c(O)c1. The van der Waals surface area contributed by atoms with E-state index >= 15 is 0 Å². The van der Waals surface area contributed by atoms with Crippen molar-refractivity contribution in [2.75, 3.05) is 13.7 Å². The smallest absolute Gasteiger partial charge is 0.295 e. The van der Waals surface area contributed by atoms with Gasteiger partial charge in [0, 0.05) is 29.2 Å². The molecule has 1 amide bonds. The van der Waals surface area contributed by atoms with Crippen LogP contribution in [0.4, 0.5) is 0 Å². The van der Waals surface area contributed by atoms with Crippen molar-refractivity contribution in [2.24, 2.45) is 0 Å². The van der Waals surface area contributed by atoms with E-state index in [1.807, 2.05) is 31.2 Å². The molecule has 1 atom stereocenters. The molecule has 1 saturated heterocycles. The number of carbonyl (C=O) groups is 2. The third-order valence-corrected chi connectivity index (χ3v) is 5.66. The molecule has 1 fully saturated rings. The number of methoxy groups -OCH3 is 1. The van der Waals surface area contributed by atoms with Gasteiger partial charge in [0.25, 0.3) is 11.7 Å². The van der Waals surface area contributed by atoms with E-state index in [9.17, 15) is 19.8 Å². The predicted octanol–water partition coefficient (Wildman–Crippen LogP) is 4.10. The number of unbranched alkanes of at least 4 members (excludes halogenated alkanes) is 1. The van der Waals surface area contributed by atoms with Gasteiger partial charge in [0.15, 0.2) is 11.5 Å². The number of ether oxygens (including phenoxy) is 1. The fourth-order valence-electron chi connectivity index (χ4n) is 4.08. The quantitative estimate of drug-likeness (QED) is 0.316. The summed E-state index contributed by atoms with van der Waals surface area (Å²) in [5.74, 6) is -1.46. The molecule has 0 spiro atoms. The maximum absolute atomic E-state index is 13.0. The number of aliphatic hydroxyl groups is 1. The lowest BCUT2D eigenvalue weighted by Crippen LogP contribution is -2.30. The summed E-state index contributed by atoms with van der Waals surface area (Å²) in [4.78, 5) is 30.5. The monoisotopic (exact) mass is 420 g/mol. The van der Waals surface area contributed by atoms with E-state index in [0.717, 1.165) is 17.3 Å². The first-order valence-corrected chi connectivity index (χ1v) is 10.2. The number of aliphatic hydroxyl groups excluding tert-OH is 1. The molecule has 3 aromatic rings. The molecule has 1 unspecified atom stereocenters. The predicted molar refractivity (Wildman–Crippen MR) is 117 cm³/mol. The number of carbonyl (C=O) groups excluding carboxylic acids is 2. The van der Waals surface area contributed by atoms with Gasteiger partial charge in [0.05, 0.1) is 18.7 Å². The van der Waals surface area contributed by atoms with Crippen LogP contribution in [-0.2, 0) is 9.59 Å².